The molecular weight excluding hydrogens is 1000 g/mol. The minimum absolute atomic E-state index is 0.124. The van der Waals surface area contributed by atoms with Crippen molar-refractivity contribution in [3.8, 4) is 50.3 Å². The molecule has 12 rings (SSSR count). The number of nitrogens with one attached hydrogen (secondary N) is 2. The predicted molar refractivity (Wildman–Crippen MR) is 338 cm³/mol. The van der Waals surface area contributed by atoms with Gasteiger partial charge < -0.3 is 22.9 Å². The van der Waals surface area contributed by atoms with Crippen molar-refractivity contribution in [1.29, 1.82) is 0 Å². The summed E-state index contributed by atoms with van der Waals surface area (Å²) in [5.41, 5.74) is 20.5. The van der Waals surface area contributed by atoms with Crippen LogP contribution in [0.1, 0.15) is 128 Å². The monoisotopic (exact) mass is 1070 g/mol. The maximum Gasteiger partial charge on any atom is 0.453 e. The number of benzene rings is 6. The third-order valence-corrected chi connectivity index (χ3v) is 16.4. The largest absolute Gasteiger partial charge is 0.453 e. The van der Waals surface area contributed by atoms with E-state index >= 15 is 0 Å². The molecule has 80 heavy (non-hydrogen) atoms. The molecule has 0 saturated heterocycles. The lowest BCUT2D eigenvalue weighted by Crippen LogP contribution is -2.17. The van der Waals surface area contributed by atoms with Crippen LogP contribution in [0, 0.1) is 0 Å². The number of H-pyrrole nitrogens is 2. The lowest BCUT2D eigenvalue weighted by Gasteiger charge is -2.27. The number of aromatic amines is 2. The van der Waals surface area contributed by atoms with E-state index in [0.717, 1.165) is 122 Å². The van der Waals surface area contributed by atoms with Gasteiger partial charge in [-0.2, -0.15) is 0 Å². The average molecular weight is 1070 g/mol. The van der Waals surface area contributed by atoms with Crippen molar-refractivity contribution in [1.82, 2.24) is 19.9 Å². The molecule has 10 aromatic rings. The summed E-state index contributed by atoms with van der Waals surface area (Å²) in [5, 5.41) is 2.05. The Kier molecular flexibility index (Phi) is 12.9. The summed E-state index contributed by atoms with van der Waals surface area (Å²) < 4.78 is 21.7. The van der Waals surface area contributed by atoms with Crippen LogP contribution < -0.4 is 4.52 Å². The Morgan fingerprint density at radius 3 is 1.04 bits per heavy atom. The van der Waals surface area contributed by atoms with E-state index in [2.05, 4.69) is 269 Å². The molecule has 7 nitrogen and oxygen atoms in total. The topological polar surface area (TPSA) is 92.9 Å². The van der Waals surface area contributed by atoms with Gasteiger partial charge in [-0.05, 0) is 128 Å². The first kappa shape index (κ1) is 52.3. The van der Waals surface area contributed by atoms with E-state index in [0.29, 0.717) is 5.75 Å². The molecule has 2 aliphatic heterocycles. The highest BCUT2D eigenvalue weighted by molar-refractivity contribution is 7.32. The molecule has 0 amide bonds. The maximum absolute atomic E-state index is 7.27. The molecule has 0 saturated carbocycles. The Hall–Kier alpha value is -8.38. The summed E-state index contributed by atoms with van der Waals surface area (Å²) in [6.07, 6.45) is 8.54. The molecule has 0 atom stereocenters. The van der Waals surface area contributed by atoms with Crippen molar-refractivity contribution in [3.05, 3.63) is 209 Å². The van der Waals surface area contributed by atoms with Gasteiger partial charge in [0.05, 0.1) is 22.8 Å². The van der Waals surface area contributed by atoms with Crippen LogP contribution in [0.15, 0.2) is 172 Å². The van der Waals surface area contributed by atoms with Crippen LogP contribution in [0.2, 0.25) is 0 Å². The van der Waals surface area contributed by atoms with Crippen LogP contribution in [0.5, 0.6) is 5.75 Å². The first-order valence-corrected chi connectivity index (χ1v) is 28.9. The van der Waals surface area contributed by atoms with Crippen LogP contribution in [0.25, 0.3) is 113 Å². The lowest BCUT2D eigenvalue weighted by molar-refractivity contribution is 0.488. The van der Waals surface area contributed by atoms with Gasteiger partial charge in [-0.3, -0.25) is 0 Å². The molecule has 400 valence electrons. The van der Waals surface area contributed by atoms with E-state index < -0.39 is 8.24 Å². The SMILES string of the molecule is CC(C)(C)c1cc(C(C)(C)C)c2op(Oc3cccc(-c4c5nc(c(-c6ccccc6)c6ccc([nH]6)c(-c6ccccc6)c6nc(c(-c7ccccc7)c7ccc4[nH]7)C=C6)C=C5)c3)oc3c(C(C)(C)C)cc(C(C)(C)C)cc3c2c1. The zero-order valence-electron chi connectivity index (χ0n) is 48.0. The van der Waals surface area contributed by atoms with Crippen LogP contribution in [-0.2, 0) is 21.7 Å². The van der Waals surface area contributed by atoms with Crippen molar-refractivity contribution >= 4 is 76.5 Å². The molecule has 2 aliphatic rings. The molecule has 6 heterocycles. The quantitative estimate of drug-likeness (QED) is 0.173. The summed E-state index contributed by atoms with van der Waals surface area (Å²) >= 11 is 0. The fraction of sp³-hybridized carbons (Fsp3) is 0.222. The molecule has 0 unspecified atom stereocenters. The van der Waals surface area contributed by atoms with E-state index in [-0.39, 0.29) is 21.7 Å². The van der Waals surface area contributed by atoms with Gasteiger partial charge in [0.25, 0.3) is 0 Å². The molecule has 8 bridgehead atoms. The Labute approximate surface area is 470 Å². The van der Waals surface area contributed by atoms with Crippen molar-refractivity contribution < 1.29 is 12.9 Å². The smallest absolute Gasteiger partial charge is 0.391 e. The zero-order chi connectivity index (χ0) is 55.9. The minimum Gasteiger partial charge on any atom is -0.391 e. The maximum atomic E-state index is 7.27. The van der Waals surface area contributed by atoms with E-state index in [9.17, 15) is 0 Å². The summed E-state index contributed by atoms with van der Waals surface area (Å²) in [4.78, 5) is 18.9. The second kappa shape index (κ2) is 19.8. The van der Waals surface area contributed by atoms with E-state index in [1.165, 1.54) is 11.1 Å². The number of hydrogen-bond donors (Lipinski definition) is 2. The summed E-state index contributed by atoms with van der Waals surface area (Å²) in [7, 11) is -2.06. The molecule has 0 spiro atoms. The summed E-state index contributed by atoms with van der Waals surface area (Å²) in [6.45, 7) is 27.2. The van der Waals surface area contributed by atoms with Gasteiger partial charge >= 0.3 is 8.24 Å². The third kappa shape index (κ3) is 9.94. The van der Waals surface area contributed by atoms with Gasteiger partial charge in [-0.15, -0.1) is 0 Å². The van der Waals surface area contributed by atoms with Gasteiger partial charge in [0.15, 0.2) is 0 Å². The second-order valence-corrected chi connectivity index (χ2v) is 26.4. The normalized spacial score (nSPS) is 12.9. The first-order valence-electron chi connectivity index (χ1n) is 27.8. The number of aromatic nitrogens is 4. The van der Waals surface area contributed by atoms with Crippen molar-refractivity contribution in [2.24, 2.45) is 0 Å². The van der Waals surface area contributed by atoms with Crippen LogP contribution in [0.4, 0.5) is 0 Å². The van der Waals surface area contributed by atoms with Gasteiger partial charge in [-0.25, -0.2) is 9.97 Å². The fourth-order valence-corrected chi connectivity index (χ4v) is 12.2. The van der Waals surface area contributed by atoms with Crippen LogP contribution in [0.3, 0.4) is 0 Å². The van der Waals surface area contributed by atoms with Crippen molar-refractivity contribution in [2.45, 2.75) is 105 Å². The zero-order valence-corrected chi connectivity index (χ0v) is 48.9. The molecule has 4 aromatic heterocycles. The first-order chi connectivity index (χ1) is 38.2. The number of rotatable bonds is 6. The van der Waals surface area contributed by atoms with E-state index in [4.69, 9.17) is 22.9 Å². The molecule has 0 aliphatic carbocycles. The second-order valence-electron chi connectivity index (χ2n) is 25.4. The Morgan fingerprint density at radius 1 is 0.362 bits per heavy atom. The van der Waals surface area contributed by atoms with E-state index in [1.807, 2.05) is 12.1 Å². The highest BCUT2D eigenvalue weighted by Crippen LogP contribution is 2.47. The standard InChI is InChI=1S/C72H69N4O3P/c1-69(2,3)48-40-51-52-41-49(70(4,5)6)43-54(72(10,11)12)68(52)79-80(78-67(51)53(42-48)71(7,8)9)77-50-30-22-29-47(39-50)66-61-37-35-59(75-61)64(45-25-18-14-19-26-45)57-33-31-55(73-57)63(44-23-16-13-17-24-44)56-32-34-58(74-56)65(46-27-20-15-21-28-46)60-36-38-62(66)76-60/h13-43,73,76H,1-12H3. The fourth-order valence-electron chi connectivity index (χ4n) is 11.1. The lowest BCUT2D eigenvalue weighted by atomic mass is 9.77. The number of hydrogen-bond acceptors (Lipinski definition) is 5. The highest BCUT2D eigenvalue weighted by atomic mass is 31.1. The summed E-state index contributed by atoms with van der Waals surface area (Å²) in [5.74, 6) is 0.607. The Morgan fingerprint density at radius 2 is 0.700 bits per heavy atom. The van der Waals surface area contributed by atoms with Crippen molar-refractivity contribution in [2.75, 3.05) is 0 Å². The third-order valence-electron chi connectivity index (χ3n) is 15.4. The van der Waals surface area contributed by atoms with Crippen molar-refractivity contribution in [3.63, 3.8) is 0 Å². The molecule has 8 heteroatoms. The van der Waals surface area contributed by atoms with Crippen LogP contribution >= 0.6 is 8.24 Å². The molecule has 6 aromatic carbocycles. The molecular formula is C72H69N4O3P. The average Bonchev–Trinajstić information content (AvgIpc) is 4.29. The van der Waals surface area contributed by atoms with Gasteiger partial charge in [-0.1, -0.05) is 198 Å². The van der Waals surface area contributed by atoms with Crippen LogP contribution in [-0.4, -0.2) is 19.9 Å². The number of fused-ring (bicyclic) bond motifs is 11. The van der Waals surface area contributed by atoms with Gasteiger partial charge in [0.1, 0.15) is 16.9 Å². The minimum atomic E-state index is -2.06. The summed E-state index contributed by atoms with van der Waals surface area (Å²) in [6, 6.07) is 57.8. The molecule has 2 N–H and O–H groups in total. The Balaban J connectivity index is 1.13. The molecule has 0 radical (unpaired) electrons. The Bertz CT molecular complexity index is 4210. The highest BCUT2D eigenvalue weighted by Gasteiger charge is 2.30. The predicted octanol–water partition coefficient (Wildman–Crippen LogP) is 21.0. The van der Waals surface area contributed by atoms with Gasteiger partial charge in [0, 0.05) is 66.2 Å². The molecule has 0 fully saturated rings. The number of nitrogens with zero attached hydrogens (tertiary/aromatic N) is 2. The van der Waals surface area contributed by atoms with E-state index in [1.54, 1.807) is 0 Å². The van der Waals surface area contributed by atoms with Gasteiger partial charge in [0.2, 0.25) is 0 Å².